The molecule has 0 spiro atoms. The highest BCUT2D eigenvalue weighted by atomic mass is 79.9. The van der Waals surface area contributed by atoms with Crippen molar-refractivity contribution >= 4 is 27.5 Å². The highest BCUT2D eigenvalue weighted by Gasteiger charge is 2.18. The molecule has 0 unspecified atom stereocenters. The third kappa shape index (κ3) is 2.31. The Hall–Kier alpha value is -1.63. The fraction of sp³-hybridized carbons (Fsp3) is 0.364. The zero-order valence-electron chi connectivity index (χ0n) is 10.3. The summed E-state index contributed by atoms with van der Waals surface area (Å²) in [5.74, 6) is 0.287. The van der Waals surface area contributed by atoms with Crippen molar-refractivity contribution in [3.63, 3.8) is 0 Å². The van der Waals surface area contributed by atoms with Gasteiger partial charge in [-0.3, -0.25) is 9.48 Å². The molecule has 0 fully saturated rings. The van der Waals surface area contributed by atoms with Crippen LogP contribution < -0.4 is 5.32 Å². The summed E-state index contributed by atoms with van der Waals surface area (Å²) < 4.78 is 7.33. The van der Waals surface area contributed by atoms with Crippen LogP contribution in [0.1, 0.15) is 28.9 Å². The molecule has 18 heavy (non-hydrogen) atoms. The van der Waals surface area contributed by atoms with E-state index in [9.17, 15) is 4.79 Å². The zero-order valence-corrected chi connectivity index (χ0v) is 11.9. The summed E-state index contributed by atoms with van der Waals surface area (Å²) in [6.45, 7) is 6.17. The van der Waals surface area contributed by atoms with Crippen molar-refractivity contribution in [3.05, 3.63) is 27.8 Å². The summed E-state index contributed by atoms with van der Waals surface area (Å²) in [5, 5.41) is 10.7. The zero-order chi connectivity index (χ0) is 13.3. The minimum Gasteiger partial charge on any atom is -0.359 e. The van der Waals surface area contributed by atoms with Crippen LogP contribution in [-0.2, 0) is 6.54 Å². The smallest absolute Gasteiger partial charge is 0.277 e. The first-order valence-corrected chi connectivity index (χ1v) is 6.29. The van der Waals surface area contributed by atoms with E-state index in [1.807, 2.05) is 6.92 Å². The van der Waals surface area contributed by atoms with E-state index >= 15 is 0 Å². The second-order valence-electron chi connectivity index (χ2n) is 3.83. The molecule has 6 nitrogen and oxygen atoms in total. The van der Waals surface area contributed by atoms with Crippen LogP contribution in [0, 0.1) is 13.8 Å². The topological polar surface area (TPSA) is 73.0 Å². The van der Waals surface area contributed by atoms with E-state index in [4.69, 9.17) is 4.52 Å². The molecule has 0 aromatic carbocycles. The first kappa shape index (κ1) is 12.8. The molecule has 0 atom stereocenters. The molecule has 1 N–H and O–H groups in total. The van der Waals surface area contributed by atoms with E-state index in [1.54, 1.807) is 24.7 Å². The van der Waals surface area contributed by atoms with Gasteiger partial charge in [0, 0.05) is 12.7 Å². The van der Waals surface area contributed by atoms with Gasteiger partial charge in [-0.1, -0.05) is 5.16 Å². The van der Waals surface area contributed by atoms with Gasteiger partial charge in [0.05, 0.1) is 4.47 Å². The van der Waals surface area contributed by atoms with Gasteiger partial charge >= 0.3 is 0 Å². The van der Waals surface area contributed by atoms with Crippen molar-refractivity contribution in [3.8, 4) is 0 Å². The summed E-state index contributed by atoms with van der Waals surface area (Å²) in [5.41, 5.74) is 1.58. The Bertz CT molecular complexity index is 568. The molecule has 0 aliphatic rings. The third-order valence-electron chi connectivity index (χ3n) is 2.53. The molecule has 0 saturated heterocycles. The van der Waals surface area contributed by atoms with E-state index in [-0.39, 0.29) is 5.91 Å². The number of halogens is 1. The van der Waals surface area contributed by atoms with Crippen LogP contribution in [-0.4, -0.2) is 20.8 Å². The van der Waals surface area contributed by atoms with Crippen molar-refractivity contribution in [1.29, 1.82) is 0 Å². The average Bonchev–Trinajstić information content (AvgIpc) is 2.86. The van der Waals surface area contributed by atoms with Crippen LogP contribution in [0.4, 0.5) is 5.69 Å². The minimum absolute atomic E-state index is 0.288. The number of hydrogen-bond acceptors (Lipinski definition) is 4. The number of aromatic nitrogens is 3. The molecule has 2 aromatic rings. The summed E-state index contributed by atoms with van der Waals surface area (Å²) in [4.78, 5) is 12.1. The molecule has 96 valence electrons. The Balaban J connectivity index is 2.24. The van der Waals surface area contributed by atoms with E-state index in [0.29, 0.717) is 33.9 Å². The summed E-state index contributed by atoms with van der Waals surface area (Å²) in [6, 6.07) is 0. The molecule has 2 aromatic heterocycles. The molecule has 2 rings (SSSR count). The van der Waals surface area contributed by atoms with Crippen molar-refractivity contribution in [2.24, 2.45) is 0 Å². The number of nitrogens with zero attached hydrogens (tertiary/aromatic N) is 3. The fourth-order valence-electron chi connectivity index (χ4n) is 1.55. The van der Waals surface area contributed by atoms with Gasteiger partial charge < -0.3 is 9.84 Å². The van der Waals surface area contributed by atoms with Crippen molar-refractivity contribution in [1.82, 2.24) is 14.9 Å². The first-order valence-electron chi connectivity index (χ1n) is 5.50. The molecular formula is C11H13BrN4O2. The van der Waals surface area contributed by atoms with Crippen molar-refractivity contribution in [2.45, 2.75) is 27.3 Å². The molecule has 2 heterocycles. The Morgan fingerprint density at radius 1 is 1.56 bits per heavy atom. The van der Waals surface area contributed by atoms with Crippen LogP contribution in [0.25, 0.3) is 0 Å². The predicted molar refractivity (Wildman–Crippen MR) is 69.5 cm³/mol. The van der Waals surface area contributed by atoms with Gasteiger partial charge in [-0.05, 0) is 36.7 Å². The average molecular weight is 313 g/mol. The number of amides is 1. The Kier molecular flexibility index (Phi) is 3.51. The molecule has 1 amide bonds. The monoisotopic (exact) mass is 312 g/mol. The second-order valence-corrected chi connectivity index (χ2v) is 4.69. The molecule has 0 aliphatic heterocycles. The molecular weight excluding hydrogens is 300 g/mol. The summed E-state index contributed by atoms with van der Waals surface area (Å²) in [6.07, 6.45) is 1.77. The van der Waals surface area contributed by atoms with E-state index in [0.717, 1.165) is 0 Å². The SMILES string of the molecule is CCn1cc(Br)c(C(=O)Nc2c(C)noc2C)n1. The molecule has 7 heteroatoms. The lowest BCUT2D eigenvalue weighted by Crippen LogP contribution is -2.14. The standard InChI is InChI=1S/C11H13BrN4O2/c1-4-16-5-8(12)10(14-16)11(17)13-9-6(2)15-18-7(9)3/h5H,4H2,1-3H3,(H,13,17). The maximum Gasteiger partial charge on any atom is 0.277 e. The highest BCUT2D eigenvalue weighted by molar-refractivity contribution is 9.10. The molecule has 0 radical (unpaired) electrons. The maximum absolute atomic E-state index is 12.1. The van der Waals surface area contributed by atoms with Gasteiger partial charge in [0.2, 0.25) is 0 Å². The second kappa shape index (κ2) is 4.93. The van der Waals surface area contributed by atoms with Gasteiger partial charge in [-0.15, -0.1) is 0 Å². The molecule has 0 aliphatic carbocycles. The van der Waals surface area contributed by atoms with Crippen LogP contribution in [0.5, 0.6) is 0 Å². The van der Waals surface area contributed by atoms with Crippen LogP contribution >= 0.6 is 15.9 Å². The Labute approximate surface area is 112 Å². The number of hydrogen-bond donors (Lipinski definition) is 1. The number of aryl methyl sites for hydroxylation is 3. The predicted octanol–water partition coefficient (Wildman–Crippen LogP) is 2.52. The summed E-state index contributed by atoms with van der Waals surface area (Å²) in [7, 11) is 0. The normalized spacial score (nSPS) is 10.7. The third-order valence-corrected chi connectivity index (χ3v) is 3.11. The highest BCUT2D eigenvalue weighted by Crippen LogP contribution is 2.21. The van der Waals surface area contributed by atoms with Gasteiger partial charge in [-0.2, -0.15) is 5.10 Å². The Morgan fingerprint density at radius 2 is 2.28 bits per heavy atom. The van der Waals surface area contributed by atoms with Crippen molar-refractivity contribution in [2.75, 3.05) is 5.32 Å². The van der Waals surface area contributed by atoms with E-state index < -0.39 is 0 Å². The first-order chi connectivity index (χ1) is 8.52. The minimum atomic E-state index is -0.288. The number of nitrogens with one attached hydrogen (secondary N) is 1. The largest absolute Gasteiger partial charge is 0.359 e. The van der Waals surface area contributed by atoms with Crippen LogP contribution in [0.15, 0.2) is 15.2 Å². The Morgan fingerprint density at radius 3 is 2.78 bits per heavy atom. The fourth-order valence-corrected chi connectivity index (χ4v) is 2.04. The number of anilines is 1. The van der Waals surface area contributed by atoms with Crippen LogP contribution in [0.3, 0.4) is 0 Å². The number of carbonyl (C=O) groups excluding carboxylic acids is 1. The molecule has 0 bridgehead atoms. The van der Waals surface area contributed by atoms with Gasteiger partial charge in [0.15, 0.2) is 11.5 Å². The van der Waals surface area contributed by atoms with Gasteiger partial charge in [-0.25, -0.2) is 0 Å². The number of rotatable bonds is 3. The maximum atomic E-state index is 12.1. The van der Waals surface area contributed by atoms with E-state index in [2.05, 4.69) is 31.5 Å². The number of carbonyl (C=O) groups is 1. The molecule has 0 saturated carbocycles. The quantitative estimate of drug-likeness (QED) is 0.945. The van der Waals surface area contributed by atoms with Crippen LogP contribution in [0.2, 0.25) is 0 Å². The van der Waals surface area contributed by atoms with Gasteiger partial charge in [0.1, 0.15) is 11.4 Å². The summed E-state index contributed by atoms with van der Waals surface area (Å²) >= 11 is 3.32. The van der Waals surface area contributed by atoms with Gasteiger partial charge in [0.25, 0.3) is 5.91 Å². The lowest BCUT2D eigenvalue weighted by molar-refractivity contribution is 0.102. The van der Waals surface area contributed by atoms with Crippen molar-refractivity contribution < 1.29 is 9.32 Å². The van der Waals surface area contributed by atoms with E-state index in [1.165, 1.54) is 0 Å². The lowest BCUT2D eigenvalue weighted by Gasteiger charge is -2.01. The lowest BCUT2D eigenvalue weighted by atomic mass is 10.3.